The van der Waals surface area contributed by atoms with Crippen LogP contribution >= 0.6 is 0 Å². The van der Waals surface area contributed by atoms with E-state index in [-0.39, 0.29) is 23.1 Å². The van der Waals surface area contributed by atoms with Crippen molar-refractivity contribution in [3.05, 3.63) is 83.9 Å². The summed E-state index contributed by atoms with van der Waals surface area (Å²) in [5.74, 6) is -7.63. The number of carbonyl (C=O) groups is 2. The van der Waals surface area contributed by atoms with E-state index in [9.17, 15) is 95.4 Å². The molecule has 0 fully saturated rings. The standard InChI is InChI=1S/C36H27N5O22S5/c1-2-63-27-14-24(38-37-16-9-23(36(47)48)33(43)29(10-16)68(60,61)62)21-12-18(65(51,52)53)3-5-20(21)31(27)39-40-32-28(67(57,58)59)8-15-7-19(66(54,55)56)13-25(30(15)34(32)44)41-64(49,50)17-4-6-26(42)22(11-17)35(45)46/h3-14,41-44H,2H2,1H3,(H,45,46)(H,47,48)(H,51,52,53)(H,54,55,56)(H,57,58,59)(H,60,61,62). The molecule has 6 aromatic rings. The van der Waals surface area contributed by atoms with Crippen LogP contribution in [0.2, 0.25) is 0 Å². The fraction of sp³-hybridized carbons (Fsp3) is 0.0556. The quantitative estimate of drug-likeness (QED) is 0.0447. The summed E-state index contributed by atoms with van der Waals surface area (Å²) in [4.78, 5) is 18.0. The number of hydrogen-bond acceptors (Lipinski definition) is 20. The Morgan fingerprint density at radius 1 is 0.574 bits per heavy atom. The number of carboxylic acids is 2. The third-order valence-electron chi connectivity index (χ3n) is 9.16. The summed E-state index contributed by atoms with van der Waals surface area (Å²) < 4.78 is 173. The highest BCUT2D eigenvalue weighted by Gasteiger charge is 2.29. The number of fused-ring (bicyclic) bond motifs is 2. The average molecular weight is 1040 g/mol. The molecule has 0 radical (unpaired) electrons. The first-order valence-corrected chi connectivity index (χ1v) is 25.1. The van der Waals surface area contributed by atoms with Crippen molar-refractivity contribution in [3.63, 3.8) is 0 Å². The lowest BCUT2D eigenvalue weighted by Crippen LogP contribution is -2.15. The first kappa shape index (κ1) is 50.0. The Morgan fingerprint density at radius 2 is 1.18 bits per heavy atom. The van der Waals surface area contributed by atoms with Crippen LogP contribution in [0.3, 0.4) is 0 Å². The highest BCUT2D eigenvalue weighted by atomic mass is 32.2. The second-order valence-electron chi connectivity index (χ2n) is 13.6. The van der Waals surface area contributed by atoms with E-state index in [1.165, 1.54) is 6.92 Å². The molecule has 6 rings (SSSR count). The van der Waals surface area contributed by atoms with Gasteiger partial charge in [0.25, 0.3) is 50.5 Å². The molecule has 0 amide bonds. The van der Waals surface area contributed by atoms with Crippen LogP contribution in [0.25, 0.3) is 21.5 Å². The molecule has 0 aliphatic heterocycles. The number of rotatable bonds is 15. The van der Waals surface area contributed by atoms with Gasteiger partial charge in [0.15, 0.2) is 11.5 Å². The van der Waals surface area contributed by atoms with E-state index < -0.39 is 154 Å². The fourth-order valence-corrected chi connectivity index (χ4v) is 9.64. The van der Waals surface area contributed by atoms with Gasteiger partial charge in [-0.05, 0) is 73.0 Å². The summed E-state index contributed by atoms with van der Waals surface area (Å²) in [6, 6.07) is 8.08. The number of hydrogen-bond donors (Lipinski definition) is 10. The summed E-state index contributed by atoms with van der Waals surface area (Å²) in [7, 11) is -26.2. The minimum absolute atomic E-state index is 0.225. The Balaban J connectivity index is 1.63. The number of ether oxygens (including phenoxy) is 1. The van der Waals surface area contributed by atoms with Crippen molar-refractivity contribution in [2.24, 2.45) is 20.5 Å². The normalized spacial score (nSPS) is 12.8. The van der Waals surface area contributed by atoms with Crippen LogP contribution in [-0.4, -0.2) is 104 Å². The average Bonchev–Trinajstić information content (AvgIpc) is 3.21. The first-order chi connectivity index (χ1) is 31.3. The maximum Gasteiger partial charge on any atom is 0.339 e. The predicted molar refractivity (Wildman–Crippen MR) is 229 cm³/mol. The summed E-state index contributed by atoms with van der Waals surface area (Å²) in [6.45, 7) is 1.21. The molecular formula is C36H27N5O22S5. The number of anilines is 1. The molecule has 0 atom stereocenters. The number of nitrogens with one attached hydrogen (secondary N) is 1. The van der Waals surface area contributed by atoms with Crippen molar-refractivity contribution < 1.29 is 100 Å². The summed E-state index contributed by atoms with van der Waals surface area (Å²) in [5.41, 5.74) is -5.66. The van der Waals surface area contributed by atoms with Gasteiger partial charge in [0, 0.05) is 16.8 Å². The number of benzene rings is 6. The van der Waals surface area contributed by atoms with Crippen molar-refractivity contribution in [2.75, 3.05) is 11.3 Å². The molecule has 0 heterocycles. The molecule has 0 aromatic heterocycles. The molecule has 0 saturated heterocycles. The highest BCUT2D eigenvalue weighted by Crippen LogP contribution is 2.48. The number of carboxylic acid groups (broad SMARTS) is 2. The number of aromatic hydroxyl groups is 3. The smallest absolute Gasteiger partial charge is 0.339 e. The Morgan fingerprint density at radius 3 is 1.75 bits per heavy atom. The van der Waals surface area contributed by atoms with Gasteiger partial charge >= 0.3 is 11.9 Å². The lowest BCUT2D eigenvalue weighted by atomic mass is 10.1. The largest absolute Gasteiger partial charge is 0.507 e. The number of phenolic OH excluding ortho intramolecular Hbond substituents is 1. The van der Waals surface area contributed by atoms with E-state index in [0.29, 0.717) is 42.5 Å². The first-order valence-electron chi connectivity index (χ1n) is 17.8. The second kappa shape index (κ2) is 17.7. The van der Waals surface area contributed by atoms with Gasteiger partial charge in [-0.3, -0.25) is 22.9 Å². The van der Waals surface area contributed by atoms with E-state index in [0.717, 1.165) is 30.3 Å². The van der Waals surface area contributed by atoms with Crippen LogP contribution in [0.4, 0.5) is 28.4 Å². The molecule has 0 unspecified atom stereocenters. The lowest BCUT2D eigenvalue weighted by Gasteiger charge is -2.16. The summed E-state index contributed by atoms with van der Waals surface area (Å²) in [6.07, 6.45) is 0. The zero-order valence-corrected chi connectivity index (χ0v) is 37.4. The van der Waals surface area contributed by atoms with Crippen LogP contribution in [0, 0.1) is 0 Å². The van der Waals surface area contributed by atoms with Crippen molar-refractivity contribution in [1.29, 1.82) is 0 Å². The third-order valence-corrected chi connectivity index (χ3v) is 13.9. The van der Waals surface area contributed by atoms with Crippen LogP contribution in [0.15, 0.2) is 118 Å². The van der Waals surface area contributed by atoms with Crippen molar-refractivity contribution in [2.45, 2.75) is 31.4 Å². The monoisotopic (exact) mass is 1040 g/mol. The fourth-order valence-electron chi connectivity index (χ4n) is 6.22. The maximum absolute atomic E-state index is 13.6. The molecule has 10 N–H and O–H groups in total. The van der Waals surface area contributed by atoms with Crippen LogP contribution in [0.1, 0.15) is 27.6 Å². The van der Waals surface area contributed by atoms with E-state index in [1.807, 2.05) is 4.72 Å². The number of azo groups is 2. The SMILES string of the molecule is CCOc1cc(N=Nc2cc(C(=O)O)c(O)c(S(=O)(=O)O)c2)c2cc(S(=O)(=O)O)ccc2c1N=Nc1c(S(=O)(=O)O)cc2cc(S(=O)(=O)O)cc(NS(=O)(=O)c3ccc(O)c(C(=O)O)c3)c2c1O. The van der Waals surface area contributed by atoms with E-state index in [2.05, 4.69) is 20.5 Å². The van der Waals surface area contributed by atoms with Gasteiger partial charge < -0.3 is 30.3 Å². The van der Waals surface area contributed by atoms with E-state index in [1.54, 1.807) is 0 Å². The molecule has 6 aromatic carbocycles. The predicted octanol–water partition coefficient (Wildman–Crippen LogP) is 5.52. The Labute approximate surface area is 381 Å². The van der Waals surface area contributed by atoms with Gasteiger partial charge in [-0.25, -0.2) is 18.0 Å². The van der Waals surface area contributed by atoms with Gasteiger partial charge in [-0.1, -0.05) is 6.07 Å². The van der Waals surface area contributed by atoms with Crippen LogP contribution in [0.5, 0.6) is 23.0 Å². The van der Waals surface area contributed by atoms with Crippen molar-refractivity contribution in [1.82, 2.24) is 0 Å². The zero-order chi connectivity index (χ0) is 50.6. The van der Waals surface area contributed by atoms with Gasteiger partial charge in [0.2, 0.25) is 0 Å². The summed E-state index contributed by atoms with van der Waals surface area (Å²) >= 11 is 0. The zero-order valence-electron chi connectivity index (χ0n) is 33.3. The Bertz CT molecular complexity index is 3840. The number of sulfonamides is 1. The minimum Gasteiger partial charge on any atom is -0.507 e. The molecule has 358 valence electrons. The minimum atomic E-state index is -5.56. The number of nitrogens with zero attached hydrogens (tertiary/aromatic N) is 4. The topological polar surface area (TPSA) is 458 Å². The van der Waals surface area contributed by atoms with Gasteiger partial charge in [0.1, 0.15) is 43.8 Å². The van der Waals surface area contributed by atoms with Crippen molar-refractivity contribution >= 4 is 112 Å². The Hall–Kier alpha value is -7.43. The Kier molecular flexibility index (Phi) is 13.0. The van der Waals surface area contributed by atoms with Gasteiger partial charge in [-0.15, -0.1) is 15.3 Å². The number of aromatic carboxylic acids is 2. The second-order valence-corrected chi connectivity index (χ2v) is 20.9. The third kappa shape index (κ3) is 10.1. The van der Waals surface area contributed by atoms with Crippen LogP contribution in [-0.2, 0) is 50.5 Å². The highest BCUT2D eigenvalue weighted by molar-refractivity contribution is 7.92. The molecule has 0 aliphatic rings. The number of phenols is 3. The van der Waals surface area contributed by atoms with Gasteiger partial charge in [0.05, 0.1) is 43.7 Å². The molecule has 0 spiro atoms. The maximum atomic E-state index is 13.6. The van der Waals surface area contributed by atoms with E-state index >= 15 is 0 Å². The molecule has 0 saturated carbocycles. The molecule has 27 nitrogen and oxygen atoms in total. The molecule has 0 aliphatic carbocycles. The molecular weight excluding hydrogens is 1010 g/mol. The van der Waals surface area contributed by atoms with Gasteiger partial charge in [-0.2, -0.15) is 38.8 Å². The molecule has 0 bridgehead atoms. The van der Waals surface area contributed by atoms with E-state index in [4.69, 9.17) is 4.74 Å². The summed E-state index contributed by atoms with van der Waals surface area (Å²) in [5, 5.41) is 64.0. The molecule has 68 heavy (non-hydrogen) atoms. The molecule has 32 heteroatoms. The van der Waals surface area contributed by atoms with Crippen LogP contribution < -0.4 is 9.46 Å². The van der Waals surface area contributed by atoms with Crippen molar-refractivity contribution in [3.8, 4) is 23.0 Å². The lowest BCUT2D eigenvalue weighted by molar-refractivity contribution is 0.0682.